The van der Waals surface area contributed by atoms with Crippen LogP contribution in [0.1, 0.15) is 0 Å². The Morgan fingerprint density at radius 3 is 1.78 bits per heavy atom. The predicted molar refractivity (Wildman–Crippen MR) is 183 cm³/mol. The Bertz CT molecular complexity index is 2470. The van der Waals surface area contributed by atoms with Crippen molar-refractivity contribution in [1.82, 2.24) is 19.1 Å². The normalized spacial score (nSPS) is 11.6. The number of pyridine rings is 2. The van der Waals surface area contributed by atoms with Crippen molar-refractivity contribution in [2.24, 2.45) is 0 Å². The largest absolute Gasteiger partial charge is 0.439 e. The zero-order valence-electron chi connectivity index (χ0n) is 24.2. The number of rotatable bonds is 5. The zero-order chi connectivity index (χ0) is 29.7. The molecule has 0 unspecified atom stereocenters. The summed E-state index contributed by atoms with van der Waals surface area (Å²) in [4.78, 5) is 9.25. The Balaban J connectivity index is 1.22. The van der Waals surface area contributed by atoms with Gasteiger partial charge in [-0.15, -0.1) is 0 Å². The van der Waals surface area contributed by atoms with E-state index in [2.05, 4.69) is 129 Å². The van der Waals surface area contributed by atoms with E-state index in [9.17, 15) is 0 Å². The molecule has 0 amide bonds. The molecule has 5 heteroatoms. The van der Waals surface area contributed by atoms with Crippen LogP contribution in [0.25, 0.3) is 66.2 Å². The number of aromatic nitrogens is 4. The lowest BCUT2D eigenvalue weighted by molar-refractivity contribution is 0.463. The van der Waals surface area contributed by atoms with Crippen molar-refractivity contribution in [2.75, 3.05) is 0 Å². The lowest BCUT2D eigenvalue weighted by Crippen LogP contribution is -2.01. The van der Waals surface area contributed by atoms with Gasteiger partial charge in [0.2, 0.25) is 5.88 Å². The number of benzene rings is 5. The van der Waals surface area contributed by atoms with Crippen molar-refractivity contribution in [3.63, 3.8) is 0 Å². The van der Waals surface area contributed by atoms with Crippen LogP contribution in [0, 0.1) is 0 Å². The summed E-state index contributed by atoms with van der Waals surface area (Å²) in [6, 6.07) is 50.5. The average molecular weight is 579 g/mol. The molecular weight excluding hydrogens is 552 g/mol. The first-order valence-electron chi connectivity index (χ1n) is 15.0. The molecule has 9 aromatic rings. The van der Waals surface area contributed by atoms with Crippen molar-refractivity contribution in [2.45, 2.75) is 0 Å². The van der Waals surface area contributed by atoms with Gasteiger partial charge in [0.1, 0.15) is 11.6 Å². The third-order valence-corrected chi connectivity index (χ3v) is 8.50. The molecule has 4 aromatic heterocycles. The van der Waals surface area contributed by atoms with Gasteiger partial charge >= 0.3 is 0 Å². The van der Waals surface area contributed by atoms with Crippen LogP contribution in [0.5, 0.6) is 11.6 Å². The lowest BCUT2D eigenvalue weighted by atomic mass is 10.0. The Labute approximate surface area is 259 Å². The van der Waals surface area contributed by atoms with E-state index >= 15 is 0 Å². The van der Waals surface area contributed by atoms with Crippen molar-refractivity contribution in [1.29, 1.82) is 0 Å². The van der Waals surface area contributed by atoms with Crippen LogP contribution in [0.15, 0.2) is 158 Å². The van der Waals surface area contributed by atoms with Gasteiger partial charge in [-0.3, -0.25) is 4.57 Å². The molecule has 5 nitrogen and oxygen atoms in total. The number of hydrogen-bond donors (Lipinski definition) is 0. The van der Waals surface area contributed by atoms with Gasteiger partial charge in [0.25, 0.3) is 0 Å². The topological polar surface area (TPSA) is 44.9 Å². The number of ether oxygens (including phenoxy) is 1. The molecule has 45 heavy (non-hydrogen) atoms. The van der Waals surface area contributed by atoms with Crippen LogP contribution in [0.3, 0.4) is 0 Å². The quantitative estimate of drug-likeness (QED) is 0.204. The molecule has 0 aliphatic carbocycles. The van der Waals surface area contributed by atoms with Crippen LogP contribution in [-0.4, -0.2) is 19.1 Å². The van der Waals surface area contributed by atoms with E-state index in [1.807, 2.05) is 36.5 Å². The van der Waals surface area contributed by atoms with E-state index in [1.54, 1.807) is 6.20 Å². The van der Waals surface area contributed by atoms with Gasteiger partial charge in [-0.1, -0.05) is 84.9 Å². The fourth-order valence-corrected chi connectivity index (χ4v) is 6.53. The summed E-state index contributed by atoms with van der Waals surface area (Å²) in [5, 5.41) is 4.85. The first-order chi connectivity index (χ1) is 22.3. The molecule has 0 bridgehead atoms. The van der Waals surface area contributed by atoms with E-state index in [-0.39, 0.29) is 0 Å². The van der Waals surface area contributed by atoms with E-state index in [0.29, 0.717) is 5.88 Å². The van der Waals surface area contributed by atoms with Crippen molar-refractivity contribution in [3.8, 4) is 34.3 Å². The highest BCUT2D eigenvalue weighted by molar-refractivity contribution is 6.11. The minimum absolute atomic E-state index is 0.569. The second-order valence-corrected chi connectivity index (χ2v) is 11.1. The van der Waals surface area contributed by atoms with Crippen molar-refractivity contribution in [3.05, 3.63) is 158 Å². The lowest BCUT2D eigenvalue weighted by Gasteiger charge is -2.12. The highest BCUT2D eigenvalue weighted by atomic mass is 16.5. The van der Waals surface area contributed by atoms with Gasteiger partial charge in [-0.2, -0.15) is 0 Å². The predicted octanol–water partition coefficient (Wildman–Crippen LogP) is 10.1. The molecule has 0 saturated carbocycles. The van der Waals surface area contributed by atoms with Gasteiger partial charge in [0.15, 0.2) is 0 Å². The highest BCUT2D eigenvalue weighted by Crippen LogP contribution is 2.37. The van der Waals surface area contributed by atoms with Gasteiger partial charge in [-0.25, -0.2) is 9.97 Å². The Hall–Kier alpha value is -6.20. The molecule has 0 spiro atoms. The van der Waals surface area contributed by atoms with Crippen LogP contribution in [0.2, 0.25) is 0 Å². The van der Waals surface area contributed by atoms with Crippen LogP contribution in [-0.2, 0) is 0 Å². The number of nitrogens with zero attached hydrogens (tertiary/aromatic N) is 4. The van der Waals surface area contributed by atoms with E-state index in [0.717, 1.165) is 39.4 Å². The second-order valence-electron chi connectivity index (χ2n) is 11.1. The molecule has 9 rings (SSSR count). The van der Waals surface area contributed by atoms with Crippen molar-refractivity contribution < 1.29 is 4.74 Å². The summed E-state index contributed by atoms with van der Waals surface area (Å²) in [5.41, 5.74) is 7.78. The molecule has 0 aliphatic rings. The van der Waals surface area contributed by atoms with E-state index < -0.39 is 0 Å². The standard InChI is InChI=1S/C40H26N4O/c1-4-15-35-31(12-1)32-13-2-5-16-36(32)43(35)29-21-23-41-39(26-29)44-37-17-6-3-14-33(37)34-20-19-28(25-38(34)44)27-10-9-11-30(24-27)45-40-18-7-8-22-42-40/h1-26H. The van der Waals surface area contributed by atoms with Gasteiger partial charge in [0, 0.05) is 46.1 Å². The molecular formula is C40H26N4O. The van der Waals surface area contributed by atoms with Gasteiger partial charge in [0.05, 0.1) is 27.8 Å². The second kappa shape index (κ2) is 10.2. The smallest absolute Gasteiger partial charge is 0.219 e. The molecule has 4 heterocycles. The zero-order valence-corrected chi connectivity index (χ0v) is 24.2. The Morgan fingerprint density at radius 2 is 1.07 bits per heavy atom. The summed E-state index contributed by atoms with van der Waals surface area (Å²) >= 11 is 0. The number of para-hydroxylation sites is 3. The Kier molecular flexibility index (Phi) is 5.74. The van der Waals surface area contributed by atoms with E-state index in [1.165, 1.54) is 32.6 Å². The molecule has 0 atom stereocenters. The summed E-state index contributed by atoms with van der Waals surface area (Å²) < 4.78 is 10.7. The fraction of sp³-hybridized carbons (Fsp3) is 0. The highest BCUT2D eigenvalue weighted by Gasteiger charge is 2.17. The molecule has 0 N–H and O–H groups in total. The molecule has 0 aliphatic heterocycles. The first-order valence-corrected chi connectivity index (χ1v) is 15.0. The van der Waals surface area contributed by atoms with Crippen LogP contribution < -0.4 is 4.74 Å². The third-order valence-electron chi connectivity index (χ3n) is 8.50. The molecule has 212 valence electrons. The van der Waals surface area contributed by atoms with Crippen LogP contribution in [0.4, 0.5) is 0 Å². The maximum Gasteiger partial charge on any atom is 0.219 e. The summed E-state index contributed by atoms with van der Waals surface area (Å²) in [7, 11) is 0. The monoisotopic (exact) mass is 578 g/mol. The number of fused-ring (bicyclic) bond motifs is 6. The fourth-order valence-electron chi connectivity index (χ4n) is 6.53. The molecule has 5 aromatic carbocycles. The minimum atomic E-state index is 0.569. The maximum absolute atomic E-state index is 6.05. The molecule has 0 fully saturated rings. The first kappa shape index (κ1) is 25.3. The third kappa shape index (κ3) is 4.17. The van der Waals surface area contributed by atoms with Crippen molar-refractivity contribution >= 4 is 43.6 Å². The maximum atomic E-state index is 6.05. The van der Waals surface area contributed by atoms with Gasteiger partial charge < -0.3 is 9.30 Å². The molecule has 0 saturated heterocycles. The summed E-state index contributed by atoms with van der Waals surface area (Å²) in [6.45, 7) is 0. The summed E-state index contributed by atoms with van der Waals surface area (Å²) in [5.74, 6) is 2.18. The molecule has 0 radical (unpaired) electrons. The van der Waals surface area contributed by atoms with Crippen LogP contribution >= 0.6 is 0 Å². The SMILES string of the molecule is c1ccc(Oc2cccc(-c3ccc4c5ccccc5n(-c5cc(-n6c7ccccc7c7ccccc76)ccn5)c4c3)c2)nc1. The number of hydrogen-bond acceptors (Lipinski definition) is 3. The summed E-state index contributed by atoms with van der Waals surface area (Å²) in [6.07, 6.45) is 3.65. The van der Waals surface area contributed by atoms with E-state index in [4.69, 9.17) is 9.72 Å². The Morgan fingerprint density at radius 1 is 0.422 bits per heavy atom. The minimum Gasteiger partial charge on any atom is -0.439 e. The van der Waals surface area contributed by atoms with Gasteiger partial charge in [-0.05, 0) is 59.7 Å². The average Bonchev–Trinajstić information content (AvgIpc) is 3.62.